The number of amides is 1. The van der Waals surface area contributed by atoms with Crippen molar-refractivity contribution < 1.29 is 4.79 Å². The quantitative estimate of drug-likeness (QED) is 0.658. The number of carbonyl (C=O) groups excluding carboxylic acids is 1. The molecule has 0 saturated carbocycles. The lowest BCUT2D eigenvalue weighted by Crippen LogP contribution is -2.25. The van der Waals surface area contributed by atoms with E-state index in [1.165, 1.54) is 16.9 Å². The molecule has 0 radical (unpaired) electrons. The minimum atomic E-state index is -0.220. The zero-order valence-corrected chi connectivity index (χ0v) is 15.6. The molecule has 134 valence electrons. The van der Waals surface area contributed by atoms with Crippen molar-refractivity contribution in [2.75, 3.05) is 11.9 Å². The highest BCUT2D eigenvalue weighted by molar-refractivity contribution is 7.14. The predicted octanol–water partition coefficient (Wildman–Crippen LogP) is 3.55. The Morgan fingerprint density at radius 3 is 2.85 bits per heavy atom. The smallest absolute Gasteiger partial charge is 0.278 e. The molecule has 1 aliphatic rings. The van der Waals surface area contributed by atoms with Crippen molar-refractivity contribution in [3.8, 4) is 11.3 Å². The van der Waals surface area contributed by atoms with E-state index in [0.717, 1.165) is 35.5 Å². The van der Waals surface area contributed by atoms with Gasteiger partial charge in [0.05, 0.1) is 5.69 Å². The van der Waals surface area contributed by atoms with Gasteiger partial charge < -0.3 is 5.32 Å². The third-order valence-electron chi connectivity index (χ3n) is 4.62. The van der Waals surface area contributed by atoms with Gasteiger partial charge in [-0.3, -0.25) is 15.2 Å². The van der Waals surface area contributed by atoms with Crippen LogP contribution in [0.25, 0.3) is 11.3 Å². The number of thiazole rings is 1. The molecule has 0 unspecified atom stereocenters. The van der Waals surface area contributed by atoms with Crippen LogP contribution in [0.15, 0.2) is 29.6 Å². The maximum Gasteiger partial charge on any atom is 0.278 e. The van der Waals surface area contributed by atoms with Crippen LogP contribution in [-0.4, -0.2) is 27.6 Å². The number of rotatable bonds is 4. The topological polar surface area (TPSA) is 82.7 Å². The molecule has 0 aliphatic carbocycles. The van der Waals surface area contributed by atoms with Crippen molar-refractivity contribution in [3.05, 3.63) is 52.2 Å². The molecule has 3 N–H and O–H groups in total. The summed E-state index contributed by atoms with van der Waals surface area (Å²) in [6.07, 6.45) is 0.864. The van der Waals surface area contributed by atoms with E-state index in [0.29, 0.717) is 23.3 Å². The molecular formula is C19H21N5OS. The molecule has 1 amide bonds. The first-order chi connectivity index (χ1) is 12.6. The van der Waals surface area contributed by atoms with Gasteiger partial charge in [0.15, 0.2) is 10.8 Å². The maximum atomic E-state index is 12.6. The van der Waals surface area contributed by atoms with Crippen molar-refractivity contribution in [2.45, 2.75) is 32.7 Å². The number of hydrogen-bond donors (Lipinski definition) is 3. The predicted molar refractivity (Wildman–Crippen MR) is 104 cm³/mol. The highest BCUT2D eigenvalue weighted by Gasteiger charge is 2.22. The van der Waals surface area contributed by atoms with Crippen molar-refractivity contribution in [1.29, 1.82) is 0 Å². The van der Waals surface area contributed by atoms with Gasteiger partial charge >= 0.3 is 0 Å². The fourth-order valence-electron chi connectivity index (χ4n) is 3.07. The van der Waals surface area contributed by atoms with E-state index in [2.05, 4.69) is 63.9 Å². The van der Waals surface area contributed by atoms with Crippen molar-refractivity contribution in [2.24, 2.45) is 0 Å². The summed E-state index contributed by atoms with van der Waals surface area (Å²) in [5.41, 5.74) is 5.66. The summed E-state index contributed by atoms with van der Waals surface area (Å²) in [5, 5.41) is 15.8. The lowest BCUT2D eigenvalue weighted by atomic mass is 10.0. The number of hydrogen-bond acceptors (Lipinski definition) is 5. The molecule has 0 saturated heterocycles. The van der Waals surface area contributed by atoms with Crippen LogP contribution in [0, 0.1) is 0 Å². The molecule has 6 nitrogen and oxygen atoms in total. The molecule has 0 atom stereocenters. The lowest BCUT2D eigenvalue weighted by Gasteiger charge is -2.12. The molecule has 4 rings (SSSR count). The van der Waals surface area contributed by atoms with Gasteiger partial charge in [0, 0.05) is 41.7 Å². The Labute approximate surface area is 156 Å². The fraction of sp³-hybridized carbons (Fsp3) is 0.316. The summed E-state index contributed by atoms with van der Waals surface area (Å²) in [5.74, 6) is 0.283. The molecule has 1 aliphatic heterocycles. The third kappa shape index (κ3) is 3.27. The Kier molecular flexibility index (Phi) is 4.57. The van der Waals surface area contributed by atoms with E-state index in [1.54, 1.807) is 0 Å². The summed E-state index contributed by atoms with van der Waals surface area (Å²) >= 11 is 1.42. The number of fused-ring (bicyclic) bond motifs is 1. The average molecular weight is 367 g/mol. The molecule has 0 bridgehead atoms. The number of aromatic nitrogens is 3. The second-order valence-electron chi connectivity index (χ2n) is 6.72. The molecule has 26 heavy (non-hydrogen) atoms. The normalized spacial score (nSPS) is 13.7. The highest BCUT2D eigenvalue weighted by atomic mass is 32.1. The van der Waals surface area contributed by atoms with Gasteiger partial charge in [-0.15, -0.1) is 11.3 Å². The molecule has 0 fully saturated rings. The first kappa shape index (κ1) is 16.9. The number of aromatic amines is 1. The lowest BCUT2D eigenvalue weighted by molar-refractivity contribution is 0.102. The summed E-state index contributed by atoms with van der Waals surface area (Å²) in [6.45, 7) is 5.92. The molecular weight excluding hydrogens is 346 g/mol. The van der Waals surface area contributed by atoms with E-state index >= 15 is 0 Å². The Morgan fingerprint density at radius 2 is 2.08 bits per heavy atom. The minimum Gasteiger partial charge on any atom is -0.312 e. The summed E-state index contributed by atoms with van der Waals surface area (Å²) in [7, 11) is 0. The number of nitrogens with one attached hydrogen (secondary N) is 3. The van der Waals surface area contributed by atoms with Crippen LogP contribution in [0.5, 0.6) is 0 Å². The highest BCUT2D eigenvalue weighted by Crippen LogP contribution is 2.27. The van der Waals surface area contributed by atoms with Crippen LogP contribution in [0.4, 0.5) is 5.13 Å². The Balaban J connectivity index is 1.50. The largest absolute Gasteiger partial charge is 0.312 e. The van der Waals surface area contributed by atoms with Crippen molar-refractivity contribution >= 4 is 22.4 Å². The molecule has 3 heterocycles. The van der Waals surface area contributed by atoms with Crippen LogP contribution in [0.1, 0.15) is 47.1 Å². The molecule has 1 aromatic carbocycles. The molecule has 0 spiro atoms. The average Bonchev–Trinajstić information content (AvgIpc) is 3.28. The number of nitrogens with zero attached hydrogens (tertiary/aromatic N) is 2. The first-order valence-electron chi connectivity index (χ1n) is 8.76. The Hall–Kier alpha value is -2.51. The van der Waals surface area contributed by atoms with Crippen LogP contribution in [-0.2, 0) is 13.0 Å². The Morgan fingerprint density at radius 1 is 1.27 bits per heavy atom. The molecule has 3 aromatic rings. The van der Waals surface area contributed by atoms with Crippen molar-refractivity contribution in [3.63, 3.8) is 0 Å². The van der Waals surface area contributed by atoms with Crippen LogP contribution in [0.2, 0.25) is 0 Å². The number of carbonyl (C=O) groups is 1. The first-order valence-corrected chi connectivity index (χ1v) is 9.64. The second kappa shape index (κ2) is 7.01. The minimum absolute atomic E-state index is 0.220. The molecule has 2 aromatic heterocycles. The van der Waals surface area contributed by atoms with Crippen molar-refractivity contribution in [1.82, 2.24) is 20.5 Å². The van der Waals surface area contributed by atoms with Gasteiger partial charge in [0.2, 0.25) is 0 Å². The SMILES string of the molecule is CC(C)c1ccc(-c2csc(NC(=O)c3n[nH]c4c3CNCC4)n2)cc1. The van der Waals surface area contributed by atoms with Crippen LogP contribution >= 0.6 is 11.3 Å². The van der Waals surface area contributed by atoms with Gasteiger partial charge in [-0.1, -0.05) is 38.1 Å². The van der Waals surface area contributed by atoms with E-state index in [4.69, 9.17) is 0 Å². The van der Waals surface area contributed by atoms with Gasteiger partial charge in [-0.25, -0.2) is 4.98 Å². The summed E-state index contributed by atoms with van der Waals surface area (Å²) in [6, 6.07) is 8.40. The van der Waals surface area contributed by atoms with Gasteiger partial charge in [0.25, 0.3) is 5.91 Å². The monoisotopic (exact) mass is 367 g/mol. The van der Waals surface area contributed by atoms with Gasteiger partial charge in [-0.05, 0) is 11.5 Å². The van der Waals surface area contributed by atoms with E-state index in [-0.39, 0.29) is 5.91 Å². The van der Waals surface area contributed by atoms with E-state index < -0.39 is 0 Å². The second-order valence-corrected chi connectivity index (χ2v) is 7.58. The standard InChI is InChI=1S/C19H21N5OS/c1-11(2)12-3-5-13(6-4-12)16-10-26-19(21-16)22-18(25)17-14-9-20-8-7-15(14)23-24-17/h3-6,10-11,20H,7-9H2,1-2H3,(H,23,24)(H,21,22,25). The third-order valence-corrected chi connectivity index (χ3v) is 5.38. The van der Waals surface area contributed by atoms with Gasteiger partial charge in [-0.2, -0.15) is 5.10 Å². The van der Waals surface area contributed by atoms with E-state index in [9.17, 15) is 4.79 Å². The number of benzene rings is 1. The van der Waals surface area contributed by atoms with E-state index in [1.807, 2.05) is 5.38 Å². The number of H-pyrrole nitrogens is 1. The Bertz CT molecular complexity index is 926. The molecule has 7 heteroatoms. The van der Waals surface area contributed by atoms with Gasteiger partial charge in [0.1, 0.15) is 0 Å². The fourth-order valence-corrected chi connectivity index (χ4v) is 3.79. The maximum absolute atomic E-state index is 12.6. The zero-order valence-electron chi connectivity index (χ0n) is 14.8. The number of anilines is 1. The summed E-state index contributed by atoms with van der Waals surface area (Å²) in [4.78, 5) is 17.1. The zero-order chi connectivity index (χ0) is 18.1. The van der Waals surface area contributed by atoms with Crippen LogP contribution < -0.4 is 10.6 Å². The summed E-state index contributed by atoms with van der Waals surface area (Å²) < 4.78 is 0. The van der Waals surface area contributed by atoms with Crippen LogP contribution in [0.3, 0.4) is 0 Å².